The molecule has 10 heteroatoms. The first kappa shape index (κ1) is 17.5. The Labute approximate surface area is 152 Å². The zero-order valence-electron chi connectivity index (χ0n) is 14.3. The minimum atomic E-state index is -0.532. The Bertz CT molecular complexity index is 994. The monoisotopic (exact) mass is 372 g/mol. The van der Waals surface area contributed by atoms with E-state index in [2.05, 4.69) is 20.6 Å². The maximum atomic E-state index is 12.5. The van der Waals surface area contributed by atoms with Gasteiger partial charge >= 0.3 is 0 Å². The lowest BCUT2D eigenvalue weighted by atomic mass is 10.1. The Morgan fingerprint density at radius 1 is 1.38 bits per heavy atom. The average Bonchev–Trinajstić information content (AvgIpc) is 3.19. The molecule has 3 aromatic rings. The van der Waals surface area contributed by atoms with E-state index < -0.39 is 10.8 Å². The molecule has 0 saturated carbocycles. The predicted molar refractivity (Wildman–Crippen MR) is 99.6 cm³/mol. The van der Waals surface area contributed by atoms with Crippen LogP contribution in [0.25, 0.3) is 10.7 Å². The summed E-state index contributed by atoms with van der Waals surface area (Å²) in [5.41, 5.74) is 1.11. The van der Waals surface area contributed by atoms with Crippen LogP contribution in [0.3, 0.4) is 0 Å². The van der Waals surface area contributed by atoms with Crippen molar-refractivity contribution in [1.29, 1.82) is 0 Å². The second kappa shape index (κ2) is 6.92. The van der Waals surface area contributed by atoms with Crippen LogP contribution >= 0.6 is 11.3 Å². The minimum Gasteiger partial charge on any atom is -0.383 e. The summed E-state index contributed by atoms with van der Waals surface area (Å²) in [7, 11) is 3.46. The number of imidazole rings is 1. The van der Waals surface area contributed by atoms with Crippen molar-refractivity contribution in [2.75, 3.05) is 17.7 Å². The Morgan fingerprint density at radius 3 is 2.77 bits per heavy atom. The van der Waals surface area contributed by atoms with Crippen LogP contribution in [0, 0.1) is 17.0 Å². The van der Waals surface area contributed by atoms with Gasteiger partial charge in [0.15, 0.2) is 11.0 Å². The van der Waals surface area contributed by atoms with Crippen molar-refractivity contribution >= 4 is 33.8 Å². The Hall–Kier alpha value is -3.27. The molecule has 0 aliphatic carbocycles. The van der Waals surface area contributed by atoms with Crippen molar-refractivity contribution < 1.29 is 9.72 Å². The third-order valence-corrected chi connectivity index (χ3v) is 4.84. The third kappa shape index (κ3) is 3.26. The third-order valence-electron chi connectivity index (χ3n) is 3.77. The first-order valence-corrected chi connectivity index (χ1v) is 8.45. The van der Waals surface area contributed by atoms with Gasteiger partial charge in [0.1, 0.15) is 5.69 Å². The molecule has 0 spiro atoms. The Balaban J connectivity index is 1.86. The maximum Gasteiger partial charge on any atom is 0.293 e. The number of benzene rings is 1. The molecule has 2 heterocycles. The average molecular weight is 372 g/mol. The number of nitro groups is 1. The lowest BCUT2D eigenvalue weighted by Crippen LogP contribution is -2.12. The zero-order valence-corrected chi connectivity index (χ0v) is 15.1. The molecule has 134 valence electrons. The molecule has 0 fully saturated rings. The molecule has 0 bridgehead atoms. The van der Waals surface area contributed by atoms with E-state index in [1.807, 2.05) is 24.7 Å². The molecule has 3 rings (SSSR count). The molecule has 0 aliphatic heterocycles. The van der Waals surface area contributed by atoms with E-state index in [0.29, 0.717) is 10.8 Å². The van der Waals surface area contributed by atoms with E-state index in [9.17, 15) is 14.9 Å². The number of carbonyl (C=O) groups excluding carboxylic acids is 1. The van der Waals surface area contributed by atoms with Crippen LogP contribution in [-0.4, -0.2) is 32.4 Å². The van der Waals surface area contributed by atoms with E-state index in [1.165, 1.54) is 29.5 Å². The van der Waals surface area contributed by atoms with Gasteiger partial charge < -0.3 is 9.88 Å². The molecule has 2 N–H and O–H groups in total. The van der Waals surface area contributed by atoms with E-state index in [1.54, 1.807) is 13.2 Å². The van der Waals surface area contributed by atoms with Crippen molar-refractivity contribution in [2.24, 2.45) is 7.05 Å². The number of rotatable bonds is 5. The smallest absolute Gasteiger partial charge is 0.293 e. The highest BCUT2D eigenvalue weighted by Gasteiger charge is 2.19. The number of hydrogen-bond acceptors (Lipinski definition) is 7. The first-order valence-electron chi connectivity index (χ1n) is 7.63. The van der Waals surface area contributed by atoms with Crippen LogP contribution in [0.5, 0.6) is 0 Å². The summed E-state index contributed by atoms with van der Waals surface area (Å²) in [4.78, 5) is 32.6. The highest BCUT2D eigenvalue weighted by molar-refractivity contribution is 7.19. The zero-order chi connectivity index (χ0) is 18.8. The summed E-state index contributed by atoms with van der Waals surface area (Å²) in [5, 5.41) is 17.0. The van der Waals surface area contributed by atoms with Gasteiger partial charge in [-0.25, -0.2) is 9.97 Å². The van der Waals surface area contributed by atoms with E-state index >= 15 is 0 Å². The maximum absolute atomic E-state index is 12.5. The van der Waals surface area contributed by atoms with E-state index in [-0.39, 0.29) is 11.3 Å². The van der Waals surface area contributed by atoms with Crippen LogP contribution in [-0.2, 0) is 7.05 Å². The summed E-state index contributed by atoms with van der Waals surface area (Å²) in [6.07, 6.45) is 3.52. The largest absolute Gasteiger partial charge is 0.383 e. The first-order chi connectivity index (χ1) is 12.4. The molecule has 1 amide bonds. The van der Waals surface area contributed by atoms with Crippen molar-refractivity contribution in [3.8, 4) is 10.7 Å². The fourth-order valence-electron chi connectivity index (χ4n) is 2.45. The van der Waals surface area contributed by atoms with Gasteiger partial charge in [0.05, 0.1) is 15.5 Å². The van der Waals surface area contributed by atoms with Crippen molar-refractivity contribution in [3.05, 3.63) is 52.0 Å². The van der Waals surface area contributed by atoms with Gasteiger partial charge in [-0.3, -0.25) is 20.2 Å². The molecule has 0 radical (unpaired) electrons. The van der Waals surface area contributed by atoms with E-state index in [0.717, 1.165) is 16.4 Å². The Kier molecular flexibility index (Phi) is 4.67. The number of nitrogens with zero attached hydrogens (tertiary/aromatic N) is 4. The number of aryl methyl sites for hydroxylation is 2. The summed E-state index contributed by atoms with van der Waals surface area (Å²) in [6, 6.07) is 4.26. The highest BCUT2D eigenvalue weighted by Crippen LogP contribution is 2.32. The van der Waals surface area contributed by atoms with Gasteiger partial charge in [-0.15, -0.1) is 0 Å². The van der Waals surface area contributed by atoms with Crippen LogP contribution in [0.15, 0.2) is 30.6 Å². The molecule has 0 atom stereocenters. The number of aromatic nitrogens is 3. The number of hydrogen-bond donors (Lipinski definition) is 2. The van der Waals surface area contributed by atoms with Gasteiger partial charge in [0, 0.05) is 38.1 Å². The lowest BCUT2D eigenvalue weighted by molar-refractivity contribution is -0.384. The predicted octanol–water partition coefficient (Wildman–Crippen LogP) is 3.05. The number of nitro benzene ring substituents is 1. The molecule has 0 unspecified atom stereocenters. The van der Waals surface area contributed by atoms with Gasteiger partial charge in [0.2, 0.25) is 0 Å². The molecule has 1 aromatic carbocycles. The van der Waals surface area contributed by atoms with Crippen molar-refractivity contribution in [1.82, 2.24) is 14.5 Å². The van der Waals surface area contributed by atoms with E-state index in [4.69, 9.17) is 0 Å². The Morgan fingerprint density at radius 2 is 2.15 bits per heavy atom. The van der Waals surface area contributed by atoms with Gasteiger partial charge in [-0.05, 0) is 19.1 Å². The summed E-state index contributed by atoms with van der Waals surface area (Å²) < 4.78 is 1.87. The van der Waals surface area contributed by atoms with Gasteiger partial charge in [-0.2, -0.15) is 0 Å². The number of anilines is 2. The van der Waals surface area contributed by atoms with Crippen LogP contribution in [0.1, 0.15) is 16.1 Å². The normalized spacial score (nSPS) is 10.6. The quantitative estimate of drug-likeness (QED) is 0.525. The SMILES string of the molecule is CNc1ccc(C(=O)Nc2nc(C)c(-c3nccn3C)s2)cc1[N+](=O)[O-]. The fraction of sp³-hybridized carbons (Fsp3) is 0.188. The van der Waals surface area contributed by atoms with Gasteiger partial charge in [0.25, 0.3) is 11.6 Å². The highest BCUT2D eigenvalue weighted by atomic mass is 32.1. The second-order valence-electron chi connectivity index (χ2n) is 5.49. The van der Waals surface area contributed by atoms with Crippen LogP contribution < -0.4 is 10.6 Å². The van der Waals surface area contributed by atoms with Crippen molar-refractivity contribution in [2.45, 2.75) is 6.92 Å². The number of nitrogens with one attached hydrogen (secondary N) is 2. The topological polar surface area (TPSA) is 115 Å². The van der Waals surface area contributed by atoms with Crippen LogP contribution in [0.4, 0.5) is 16.5 Å². The molecule has 2 aromatic heterocycles. The number of thiazole rings is 1. The minimum absolute atomic E-state index is 0.163. The molecule has 0 aliphatic rings. The molecule has 26 heavy (non-hydrogen) atoms. The van der Waals surface area contributed by atoms with Gasteiger partial charge in [-0.1, -0.05) is 11.3 Å². The molecule has 0 saturated heterocycles. The summed E-state index contributed by atoms with van der Waals surface area (Å²) >= 11 is 1.30. The molecular formula is C16H16N6O3S. The number of carbonyl (C=O) groups is 1. The molecular weight excluding hydrogens is 356 g/mol. The number of amides is 1. The van der Waals surface area contributed by atoms with Crippen LogP contribution in [0.2, 0.25) is 0 Å². The fourth-order valence-corrected chi connectivity index (χ4v) is 3.45. The standard InChI is InChI=1S/C16H16N6O3S/c1-9-13(14-18-6-7-21(14)3)26-16(19-9)20-15(23)10-4-5-11(17-2)12(8-10)22(24)25/h4-8,17H,1-3H3,(H,19,20,23). The molecule has 9 nitrogen and oxygen atoms in total. The summed E-state index contributed by atoms with van der Waals surface area (Å²) in [5.74, 6) is 0.297. The second-order valence-corrected chi connectivity index (χ2v) is 6.49. The lowest BCUT2D eigenvalue weighted by Gasteiger charge is -2.05. The summed E-state index contributed by atoms with van der Waals surface area (Å²) in [6.45, 7) is 1.84. The van der Waals surface area contributed by atoms with Crippen molar-refractivity contribution in [3.63, 3.8) is 0 Å².